The third-order valence-corrected chi connectivity index (χ3v) is 3.44. The van der Waals surface area contributed by atoms with Gasteiger partial charge in [0.05, 0.1) is 0 Å². The van der Waals surface area contributed by atoms with Crippen molar-refractivity contribution in [1.29, 1.82) is 0 Å². The zero-order chi connectivity index (χ0) is 18.7. The van der Waals surface area contributed by atoms with Gasteiger partial charge in [-0.1, -0.05) is 30.3 Å². The van der Waals surface area contributed by atoms with Crippen LogP contribution in [0, 0.1) is 0 Å². The SMILES string of the molecule is CN[C@@H](CCCCNC(=O)OCc1ccccc1)C(=O)OC(C)(C)C. The molecule has 25 heavy (non-hydrogen) atoms. The molecule has 1 atom stereocenters. The van der Waals surface area contributed by atoms with Crippen molar-refractivity contribution >= 4 is 12.1 Å². The van der Waals surface area contributed by atoms with Gasteiger partial charge in [0.1, 0.15) is 18.2 Å². The first-order valence-electron chi connectivity index (χ1n) is 8.66. The minimum Gasteiger partial charge on any atom is -0.459 e. The third kappa shape index (κ3) is 9.72. The standard InChI is InChI=1S/C19H30N2O4/c1-19(2,3)25-17(22)16(20-4)12-8-9-13-21-18(23)24-14-15-10-6-5-7-11-15/h5-7,10-11,16,20H,8-9,12-14H2,1-4H3,(H,21,23)/t16-/m0/s1. The number of esters is 1. The normalized spacial score (nSPS) is 12.3. The Morgan fingerprint density at radius 3 is 2.40 bits per heavy atom. The van der Waals surface area contributed by atoms with E-state index in [1.807, 2.05) is 51.1 Å². The molecule has 0 aromatic heterocycles. The van der Waals surface area contributed by atoms with Crippen LogP contribution >= 0.6 is 0 Å². The van der Waals surface area contributed by atoms with Crippen LogP contribution < -0.4 is 10.6 Å². The van der Waals surface area contributed by atoms with E-state index in [1.54, 1.807) is 7.05 Å². The molecule has 1 aromatic carbocycles. The first-order chi connectivity index (χ1) is 11.8. The number of nitrogens with one attached hydrogen (secondary N) is 2. The molecule has 0 fully saturated rings. The van der Waals surface area contributed by atoms with Crippen molar-refractivity contribution < 1.29 is 19.1 Å². The Labute approximate surface area is 150 Å². The van der Waals surface area contributed by atoms with Crippen LogP contribution in [0.25, 0.3) is 0 Å². The average molecular weight is 350 g/mol. The smallest absolute Gasteiger partial charge is 0.407 e. The summed E-state index contributed by atoms with van der Waals surface area (Å²) < 4.78 is 10.5. The van der Waals surface area contributed by atoms with E-state index in [4.69, 9.17) is 9.47 Å². The molecule has 1 aromatic rings. The Kier molecular flexibility index (Phi) is 8.99. The molecule has 0 unspecified atom stereocenters. The number of ether oxygens (including phenoxy) is 2. The van der Waals surface area contributed by atoms with Crippen LogP contribution in [0.2, 0.25) is 0 Å². The van der Waals surface area contributed by atoms with Crippen LogP contribution in [0.4, 0.5) is 4.79 Å². The molecule has 6 nitrogen and oxygen atoms in total. The predicted octanol–water partition coefficient (Wildman–Crippen LogP) is 3.01. The van der Waals surface area contributed by atoms with E-state index in [-0.39, 0.29) is 18.6 Å². The van der Waals surface area contributed by atoms with Crippen molar-refractivity contribution in [2.45, 2.75) is 58.3 Å². The van der Waals surface area contributed by atoms with Crippen LogP contribution in [0.3, 0.4) is 0 Å². The average Bonchev–Trinajstić information content (AvgIpc) is 2.55. The highest BCUT2D eigenvalue weighted by Crippen LogP contribution is 2.11. The van der Waals surface area contributed by atoms with Gasteiger partial charge in [-0.05, 0) is 52.6 Å². The second-order valence-electron chi connectivity index (χ2n) is 6.86. The lowest BCUT2D eigenvalue weighted by Crippen LogP contribution is -2.39. The van der Waals surface area contributed by atoms with Crippen LogP contribution in [0.5, 0.6) is 0 Å². The van der Waals surface area contributed by atoms with Crippen LogP contribution in [-0.4, -0.2) is 37.3 Å². The first-order valence-corrected chi connectivity index (χ1v) is 8.66. The molecule has 0 aliphatic rings. The Balaban J connectivity index is 2.15. The Bertz CT molecular complexity index is 526. The summed E-state index contributed by atoms with van der Waals surface area (Å²) in [6.45, 7) is 6.32. The number of carbonyl (C=O) groups excluding carboxylic acids is 2. The van der Waals surface area contributed by atoms with E-state index >= 15 is 0 Å². The van der Waals surface area contributed by atoms with Gasteiger partial charge in [0.15, 0.2) is 0 Å². The number of hydrogen-bond donors (Lipinski definition) is 2. The Hall–Kier alpha value is -2.08. The highest BCUT2D eigenvalue weighted by molar-refractivity contribution is 5.76. The first kappa shape index (κ1) is 21.0. The van der Waals surface area contributed by atoms with Crippen LogP contribution in [0.1, 0.15) is 45.6 Å². The highest BCUT2D eigenvalue weighted by atomic mass is 16.6. The summed E-state index contributed by atoms with van der Waals surface area (Å²) in [4.78, 5) is 23.6. The molecule has 0 aliphatic carbocycles. The topological polar surface area (TPSA) is 76.7 Å². The summed E-state index contributed by atoms with van der Waals surface area (Å²) in [5.74, 6) is -0.245. The minimum absolute atomic E-state index is 0.245. The van der Waals surface area contributed by atoms with E-state index < -0.39 is 11.7 Å². The molecule has 0 radical (unpaired) electrons. The molecule has 6 heteroatoms. The van der Waals surface area contributed by atoms with Crippen molar-refractivity contribution in [2.75, 3.05) is 13.6 Å². The van der Waals surface area contributed by atoms with Gasteiger partial charge in [0.25, 0.3) is 0 Å². The van der Waals surface area contributed by atoms with Gasteiger partial charge < -0.3 is 20.1 Å². The molecule has 2 N–H and O–H groups in total. The predicted molar refractivity (Wildman–Crippen MR) is 97.2 cm³/mol. The summed E-state index contributed by atoms with van der Waals surface area (Å²) in [6.07, 6.45) is 1.79. The molecule has 0 heterocycles. The number of unbranched alkanes of at least 4 members (excludes halogenated alkanes) is 1. The second-order valence-corrected chi connectivity index (χ2v) is 6.86. The molecule has 0 bridgehead atoms. The number of amides is 1. The molecular weight excluding hydrogens is 320 g/mol. The molecule has 140 valence electrons. The fraction of sp³-hybridized carbons (Fsp3) is 0.579. The number of hydrogen-bond acceptors (Lipinski definition) is 5. The van der Waals surface area contributed by atoms with E-state index in [0.717, 1.165) is 18.4 Å². The number of rotatable bonds is 9. The maximum absolute atomic E-state index is 12.0. The maximum Gasteiger partial charge on any atom is 0.407 e. The largest absolute Gasteiger partial charge is 0.459 e. The summed E-state index contributed by atoms with van der Waals surface area (Å²) in [7, 11) is 1.74. The van der Waals surface area contributed by atoms with Gasteiger partial charge in [0, 0.05) is 6.54 Å². The summed E-state index contributed by atoms with van der Waals surface area (Å²) in [5.41, 5.74) is 0.461. The third-order valence-electron chi connectivity index (χ3n) is 3.44. The van der Waals surface area contributed by atoms with Gasteiger partial charge in [-0.25, -0.2) is 4.79 Å². The number of carbonyl (C=O) groups is 2. The van der Waals surface area contributed by atoms with E-state index in [0.29, 0.717) is 13.0 Å². The van der Waals surface area contributed by atoms with Crippen molar-refractivity contribution in [3.63, 3.8) is 0 Å². The number of alkyl carbamates (subject to hydrolysis) is 1. The lowest BCUT2D eigenvalue weighted by Gasteiger charge is -2.23. The molecule has 0 saturated carbocycles. The fourth-order valence-corrected chi connectivity index (χ4v) is 2.19. The molecule has 1 amide bonds. The zero-order valence-corrected chi connectivity index (χ0v) is 15.6. The Morgan fingerprint density at radius 1 is 1.12 bits per heavy atom. The lowest BCUT2D eigenvalue weighted by atomic mass is 10.1. The molecule has 1 rings (SSSR count). The van der Waals surface area contributed by atoms with Crippen molar-refractivity contribution in [2.24, 2.45) is 0 Å². The quantitative estimate of drug-likeness (QED) is 0.529. The molecular formula is C19H30N2O4. The monoisotopic (exact) mass is 350 g/mol. The summed E-state index contributed by atoms with van der Waals surface area (Å²) >= 11 is 0. The number of benzene rings is 1. The molecule has 0 aliphatic heterocycles. The van der Waals surface area contributed by atoms with Gasteiger partial charge in [-0.3, -0.25) is 4.79 Å². The second kappa shape index (κ2) is 10.7. The highest BCUT2D eigenvalue weighted by Gasteiger charge is 2.23. The van der Waals surface area contributed by atoms with Gasteiger partial charge in [0.2, 0.25) is 0 Å². The van der Waals surface area contributed by atoms with Crippen molar-refractivity contribution in [3.8, 4) is 0 Å². The zero-order valence-electron chi connectivity index (χ0n) is 15.6. The van der Waals surface area contributed by atoms with Gasteiger partial charge >= 0.3 is 12.1 Å². The molecule has 0 spiro atoms. The summed E-state index contributed by atoms with van der Waals surface area (Å²) in [6, 6.07) is 9.20. The fourth-order valence-electron chi connectivity index (χ4n) is 2.19. The maximum atomic E-state index is 12.0. The number of likely N-dealkylation sites (N-methyl/N-ethyl adjacent to an activating group) is 1. The minimum atomic E-state index is -0.490. The van der Waals surface area contributed by atoms with E-state index in [9.17, 15) is 9.59 Å². The van der Waals surface area contributed by atoms with Crippen molar-refractivity contribution in [1.82, 2.24) is 10.6 Å². The Morgan fingerprint density at radius 2 is 1.80 bits per heavy atom. The summed E-state index contributed by atoms with van der Waals surface area (Å²) in [5, 5.41) is 5.69. The van der Waals surface area contributed by atoms with Crippen molar-refractivity contribution in [3.05, 3.63) is 35.9 Å². The van der Waals surface area contributed by atoms with Gasteiger partial charge in [-0.2, -0.15) is 0 Å². The van der Waals surface area contributed by atoms with Crippen LogP contribution in [0.15, 0.2) is 30.3 Å². The van der Waals surface area contributed by atoms with E-state index in [2.05, 4.69) is 10.6 Å². The molecule has 0 saturated heterocycles. The lowest BCUT2D eigenvalue weighted by molar-refractivity contribution is -0.157. The van der Waals surface area contributed by atoms with E-state index in [1.165, 1.54) is 0 Å². The van der Waals surface area contributed by atoms with Crippen LogP contribution in [-0.2, 0) is 20.9 Å². The van der Waals surface area contributed by atoms with Gasteiger partial charge in [-0.15, -0.1) is 0 Å².